The third-order valence-electron chi connectivity index (χ3n) is 6.73. The highest BCUT2D eigenvalue weighted by Gasteiger charge is 2.44. The number of fused-ring (bicyclic) bond motifs is 2. The standard InChI is InChI=1S/C18H32N2O/c1-13(16-11-14-6-7-15(16)10-14)20-17(21)18(12-19)8-4-2-3-5-9-18/h13-16H,2-12,19H2,1H3,(H,20,21). The van der Waals surface area contributed by atoms with Crippen molar-refractivity contribution in [3.8, 4) is 0 Å². The fraction of sp³-hybridized carbons (Fsp3) is 0.944. The lowest BCUT2D eigenvalue weighted by atomic mass is 9.78. The van der Waals surface area contributed by atoms with Gasteiger partial charge in [-0.25, -0.2) is 0 Å². The summed E-state index contributed by atoms with van der Waals surface area (Å²) >= 11 is 0. The van der Waals surface area contributed by atoms with Crippen LogP contribution in [0, 0.1) is 23.2 Å². The average molecular weight is 292 g/mol. The van der Waals surface area contributed by atoms with Crippen molar-refractivity contribution in [3.63, 3.8) is 0 Å². The number of amides is 1. The highest BCUT2D eigenvalue weighted by Crippen LogP contribution is 2.49. The summed E-state index contributed by atoms with van der Waals surface area (Å²) in [4.78, 5) is 12.9. The normalized spacial score (nSPS) is 36.2. The van der Waals surface area contributed by atoms with Crippen molar-refractivity contribution in [2.45, 2.75) is 77.2 Å². The van der Waals surface area contributed by atoms with Crippen molar-refractivity contribution in [3.05, 3.63) is 0 Å². The van der Waals surface area contributed by atoms with Crippen LogP contribution in [0.1, 0.15) is 71.1 Å². The SMILES string of the molecule is CC(NC(=O)C1(CN)CCCCCC1)C1CC2CCC1C2. The monoisotopic (exact) mass is 292 g/mol. The fourth-order valence-electron chi connectivity index (χ4n) is 5.30. The molecule has 3 aliphatic rings. The van der Waals surface area contributed by atoms with Gasteiger partial charge in [-0.3, -0.25) is 4.79 Å². The van der Waals surface area contributed by atoms with Crippen molar-refractivity contribution in [1.29, 1.82) is 0 Å². The van der Waals surface area contributed by atoms with Crippen LogP contribution in [0.25, 0.3) is 0 Å². The number of hydrogen-bond donors (Lipinski definition) is 2. The van der Waals surface area contributed by atoms with Crippen LogP contribution < -0.4 is 11.1 Å². The summed E-state index contributed by atoms with van der Waals surface area (Å²) in [5.74, 6) is 2.78. The van der Waals surface area contributed by atoms with Gasteiger partial charge in [0, 0.05) is 12.6 Å². The topological polar surface area (TPSA) is 55.1 Å². The zero-order chi connectivity index (χ0) is 14.9. The molecule has 0 aliphatic heterocycles. The Balaban J connectivity index is 1.61. The van der Waals surface area contributed by atoms with Crippen LogP contribution in [0.5, 0.6) is 0 Å². The van der Waals surface area contributed by atoms with Gasteiger partial charge in [0.1, 0.15) is 0 Å². The molecule has 3 heteroatoms. The lowest BCUT2D eigenvalue weighted by Crippen LogP contribution is -2.50. The molecule has 0 radical (unpaired) electrons. The van der Waals surface area contributed by atoms with E-state index in [1.54, 1.807) is 0 Å². The molecule has 1 amide bonds. The lowest BCUT2D eigenvalue weighted by molar-refractivity contribution is -0.132. The Morgan fingerprint density at radius 1 is 1.19 bits per heavy atom. The maximum absolute atomic E-state index is 12.9. The van der Waals surface area contributed by atoms with Gasteiger partial charge < -0.3 is 11.1 Å². The summed E-state index contributed by atoms with van der Waals surface area (Å²) in [6, 6.07) is 0.333. The first-order valence-electron chi connectivity index (χ1n) is 9.16. The molecule has 2 bridgehead atoms. The Bertz CT molecular complexity index is 373. The minimum Gasteiger partial charge on any atom is -0.353 e. The van der Waals surface area contributed by atoms with Gasteiger partial charge in [0.25, 0.3) is 0 Å². The second-order valence-electron chi connectivity index (χ2n) is 8.00. The molecule has 0 saturated heterocycles. The van der Waals surface area contributed by atoms with Crippen LogP contribution in [0.3, 0.4) is 0 Å². The summed E-state index contributed by atoms with van der Waals surface area (Å²) in [6.45, 7) is 2.74. The van der Waals surface area contributed by atoms with E-state index >= 15 is 0 Å². The maximum atomic E-state index is 12.9. The Morgan fingerprint density at radius 3 is 2.43 bits per heavy atom. The first-order chi connectivity index (χ1) is 10.1. The zero-order valence-electron chi connectivity index (χ0n) is 13.6. The van der Waals surface area contributed by atoms with E-state index in [0.717, 1.165) is 37.5 Å². The second kappa shape index (κ2) is 6.28. The van der Waals surface area contributed by atoms with E-state index in [4.69, 9.17) is 5.73 Å². The number of nitrogens with two attached hydrogens (primary N) is 1. The van der Waals surface area contributed by atoms with E-state index in [-0.39, 0.29) is 11.3 Å². The van der Waals surface area contributed by atoms with Gasteiger partial charge in [-0.15, -0.1) is 0 Å². The minimum absolute atomic E-state index is 0.252. The van der Waals surface area contributed by atoms with Crippen molar-refractivity contribution >= 4 is 5.91 Å². The first kappa shape index (κ1) is 15.3. The van der Waals surface area contributed by atoms with E-state index in [0.29, 0.717) is 18.5 Å². The number of rotatable bonds is 4. The van der Waals surface area contributed by atoms with Gasteiger partial charge in [-0.1, -0.05) is 32.1 Å². The van der Waals surface area contributed by atoms with Crippen molar-refractivity contribution in [2.75, 3.05) is 6.54 Å². The molecule has 0 aromatic carbocycles. The van der Waals surface area contributed by atoms with Crippen LogP contribution >= 0.6 is 0 Å². The fourth-order valence-corrected chi connectivity index (χ4v) is 5.30. The molecule has 3 aliphatic carbocycles. The van der Waals surface area contributed by atoms with Crippen molar-refractivity contribution in [1.82, 2.24) is 5.32 Å². The molecule has 3 N–H and O–H groups in total. The summed E-state index contributed by atoms with van der Waals surface area (Å²) in [5, 5.41) is 3.38. The van der Waals surface area contributed by atoms with E-state index in [1.807, 2.05) is 0 Å². The zero-order valence-corrected chi connectivity index (χ0v) is 13.6. The number of carbonyl (C=O) groups excluding carboxylic acids is 1. The Labute approximate surface area is 129 Å². The molecule has 0 aromatic heterocycles. The van der Waals surface area contributed by atoms with Crippen molar-refractivity contribution < 1.29 is 4.79 Å². The molecule has 3 saturated carbocycles. The van der Waals surface area contributed by atoms with Crippen LogP contribution in [0.4, 0.5) is 0 Å². The summed E-state index contributed by atoms with van der Waals surface area (Å²) in [7, 11) is 0. The van der Waals surface area contributed by atoms with Crippen LogP contribution in [0.15, 0.2) is 0 Å². The van der Waals surface area contributed by atoms with Crippen molar-refractivity contribution in [2.24, 2.45) is 28.9 Å². The molecule has 0 heterocycles. The molecular formula is C18H32N2O. The Hall–Kier alpha value is -0.570. The Kier molecular flexibility index (Phi) is 4.58. The molecular weight excluding hydrogens is 260 g/mol. The number of hydrogen-bond acceptors (Lipinski definition) is 2. The molecule has 21 heavy (non-hydrogen) atoms. The van der Waals surface area contributed by atoms with Gasteiger partial charge >= 0.3 is 0 Å². The van der Waals surface area contributed by atoms with E-state index in [9.17, 15) is 4.79 Å². The summed E-state index contributed by atoms with van der Waals surface area (Å²) in [6.07, 6.45) is 12.4. The van der Waals surface area contributed by atoms with E-state index < -0.39 is 0 Å². The third kappa shape index (κ3) is 2.99. The smallest absolute Gasteiger partial charge is 0.227 e. The molecule has 3 fully saturated rings. The molecule has 0 spiro atoms. The number of carbonyl (C=O) groups is 1. The van der Waals surface area contributed by atoms with Gasteiger partial charge in [0.2, 0.25) is 5.91 Å². The van der Waals surface area contributed by atoms with Crippen LogP contribution in [0.2, 0.25) is 0 Å². The predicted octanol–water partition coefficient (Wildman–Crippen LogP) is 3.23. The van der Waals surface area contributed by atoms with Gasteiger partial charge in [0.05, 0.1) is 5.41 Å². The molecule has 3 nitrogen and oxygen atoms in total. The molecule has 120 valence electrons. The largest absolute Gasteiger partial charge is 0.353 e. The number of nitrogens with one attached hydrogen (secondary N) is 1. The van der Waals surface area contributed by atoms with Gasteiger partial charge in [-0.2, -0.15) is 0 Å². The quantitative estimate of drug-likeness (QED) is 0.782. The Morgan fingerprint density at radius 2 is 1.90 bits per heavy atom. The van der Waals surface area contributed by atoms with Gasteiger partial charge in [0.15, 0.2) is 0 Å². The minimum atomic E-state index is -0.275. The highest BCUT2D eigenvalue weighted by atomic mass is 16.2. The molecule has 3 rings (SSSR count). The third-order valence-corrected chi connectivity index (χ3v) is 6.73. The molecule has 4 unspecified atom stereocenters. The molecule has 4 atom stereocenters. The van der Waals surface area contributed by atoms with Gasteiger partial charge in [-0.05, 0) is 56.8 Å². The first-order valence-corrected chi connectivity index (χ1v) is 9.16. The summed E-state index contributed by atoms with van der Waals surface area (Å²) < 4.78 is 0. The second-order valence-corrected chi connectivity index (χ2v) is 8.00. The van der Waals surface area contributed by atoms with Crippen LogP contribution in [-0.4, -0.2) is 18.5 Å². The highest BCUT2D eigenvalue weighted by molar-refractivity contribution is 5.83. The molecule has 0 aromatic rings. The predicted molar refractivity (Wildman–Crippen MR) is 85.7 cm³/mol. The average Bonchev–Trinajstić information content (AvgIpc) is 3.03. The summed E-state index contributed by atoms with van der Waals surface area (Å²) in [5.41, 5.74) is 5.76. The van der Waals surface area contributed by atoms with E-state index in [2.05, 4.69) is 12.2 Å². The van der Waals surface area contributed by atoms with Crippen LogP contribution in [-0.2, 0) is 4.79 Å². The van der Waals surface area contributed by atoms with E-state index in [1.165, 1.54) is 38.5 Å². The lowest BCUT2D eigenvalue weighted by Gasteiger charge is -2.34. The maximum Gasteiger partial charge on any atom is 0.227 e.